The van der Waals surface area contributed by atoms with E-state index in [0.29, 0.717) is 13.1 Å². The van der Waals surface area contributed by atoms with Crippen molar-refractivity contribution in [1.29, 1.82) is 0 Å². The summed E-state index contributed by atoms with van der Waals surface area (Å²) in [5.41, 5.74) is 2.02. The van der Waals surface area contributed by atoms with E-state index in [1.165, 1.54) is 0 Å². The van der Waals surface area contributed by atoms with Crippen molar-refractivity contribution in [2.75, 3.05) is 6.26 Å². The number of carbonyl (C=O) groups is 1. The van der Waals surface area contributed by atoms with Crippen LogP contribution in [0.2, 0.25) is 0 Å². The Labute approximate surface area is 174 Å². The van der Waals surface area contributed by atoms with Gasteiger partial charge in [0.05, 0.1) is 6.26 Å². The van der Waals surface area contributed by atoms with Crippen molar-refractivity contribution >= 4 is 16.0 Å². The van der Waals surface area contributed by atoms with Crippen LogP contribution < -0.4 is 4.18 Å². The Morgan fingerprint density at radius 2 is 1.55 bits per heavy atom. The van der Waals surface area contributed by atoms with Gasteiger partial charge in [-0.15, -0.1) is 0 Å². The Kier molecular flexibility index (Phi) is 8.70. The normalized spacial score (nSPS) is 12.4. The quantitative estimate of drug-likeness (QED) is 0.494. The van der Waals surface area contributed by atoms with E-state index < -0.39 is 10.1 Å². The van der Waals surface area contributed by atoms with Crippen molar-refractivity contribution in [2.24, 2.45) is 5.92 Å². The molecule has 0 saturated heterocycles. The minimum atomic E-state index is -3.56. The Balaban J connectivity index is 2.19. The summed E-state index contributed by atoms with van der Waals surface area (Å²) in [6, 6.07) is 16.8. The molecule has 1 amide bonds. The molecule has 1 unspecified atom stereocenters. The van der Waals surface area contributed by atoms with Crippen molar-refractivity contribution in [2.45, 2.75) is 52.6 Å². The van der Waals surface area contributed by atoms with Crippen LogP contribution >= 0.6 is 0 Å². The van der Waals surface area contributed by atoms with Gasteiger partial charge in [-0.3, -0.25) is 4.79 Å². The zero-order valence-electron chi connectivity index (χ0n) is 17.5. The molecule has 29 heavy (non-hydrogen) atoms. The van der Waals surface area contributed by atoms with Gasteiger partial charge in [0.2, 0.25) is 5.91 Å². The summed E-state index contributed by atoms with van der Waals surface area (Å²) in [5, 5.41) is 0. The summed E-state index contributed by atoms with van der Waals surface area (Å²) in [6.07, 6.45) is 4.86. The number of hydrogen-bond donors (Lipinski definition) is 0. The van der Waals surface area contributed by atoms with Crippen molar-refractivity contribution in [3.05, 3.63) is 65.7 Å². The summed E-state index contributed by atoms with van der Waals surface area (Å²) in [4.78, 5) is 15.2. The number of nitrogens with zero attached hydrogens (tertiary/aromatic N) is 1. The smallest absolute Gasteiger partial charge is 0.306 e. The molecular formula is C23H31NO4S. The van der Waals surface area contributed by atoms with Gasteiger partial charge in [-0.1, -0.05) is 69.2 Å². The van der Waals surface area contributed by atoms with Gasteiger partial charge in [-0.2, -0.15) is 8.42 Å². The fourth-order valence-electron chi connectivity index (χ4n) is 3.27. The van der Waals surface area contributed by atoms with Crippen LogP contribution in [0.15, 0.2) is 54.6 Å². The lowest BCUT2D eigenvalue weighted by molar-refractivity contribution is -0.137. The Bertz CT molecular complexity index is 864. The Morgan fingerprint density at radius 1 is 0.966 bits per heavy atom. The van der Waals surface area contributed by atoms with Gasteiger partial charge in [0.1, 0.15) is 5.75 Å². The second kappa shape index (κ2) is 11.0. The van der Waals surface area contributed by atoms with Crippen LogP contribution in [0.4, 0.5) is 0 Å². The van der Waals surface area contributed by atoms with Crippen molar-refractivity contribution in [3.63, 3.8) is 0 Å². The Hall–Kier alpha value is -2.34. The van der Waals surface area contributed by atoms with Crippen LogP contribution in [-0.4, -0.2) is 25.5 Å². The van der Waals surface area contributed by atoms with Crippen molar-refractivity contribution in [1.82, 2.24) is 4.90 Å². The van der Waals surface area contributed by atoms with E-state index in [2.05, 4.69) is 13.8 Å². The standard InChI is InChI=1S/C23H31NO4S/c1-4-6-12-21(5-2)23(25)24(17-19-10-8-7-9-11-19)18-20-13-15-22(16-14-20)28-29(3,26)27/h7-11,13-16,21H,4-6,12,17-18H2,1-3H3. The largest absolute Gasteiger partial charge is 0.383 e. The van der Waals surface area contributed by atoms with Crippen LogP contribution in [-0.2, 0) is 28.0 Å². The average Bonchev–Trinajstić information content (AvgIpc) is 2.69. The number of rotatable bonds is 11. The number of unbranched alkanes of at least 4 members (excludes halogenated alkanes) is 1. The van der Waals surface area contributed by atoms with Gasteiger partial charge in [0.15, 0.2) is 0 Å². The van der Waals surface area contributed by atoms with Crippen LogP contribution in [0.25, 0.3) is 0 Å². The SMILES string of the molecule is CCCCC(CC)C(=O)N(Cc1ccccc1)Cc1ccc(OS(C)(=O)=O)cc1. The van der Waals surface area contributed by atoms with E-state index in [1.54, 1.807) is 24.3 Å². The second-order valence-electron chi connectivity index (χ2n) is 7.36. The van der Waals surface area contributed by atoms with Crippen LogP contribution in [0.5, 0.6) is 5.75 Å². The minimum absolute atomic E-state index is 0.0199. The third-order valence-corrected chi connectivity index (χ3v) is 5.32. The van der Waals surface area contributed by atoms with Gasteiger partial charge >= 0.3 is 10.1 Å². The molecule has 0 saturated carbocycles. The first kappa shape index (κ1) is 22.9. The number of benzene rings is 2. The average molecular weight is 418 g/mol. The molecule has 0 aromatic heterocycles. The molecule has 0 spiro atoms. The topological polar surface area (TPSA) is 63.7 Å². The van der Waals surface area contributed by atoms with E-state index in [4.69, 9.17) is 4.18 Å². The van der Waals surface area contributed by atoms with Crippen molar-refractivity contribution in [3.8, 4) is 5.75 Å². The molecule has 1 atom stereocenters. The highest BCUT2D eigenvalue weighted by molar-refractivity contribution is 7.86. The molecule has 6 heteroatoms. The van der Waals surface area contributed by atoms with Gasteiger partial charge in [-0.25, -0.2) is 0 Å². The summed E-state index contributed by atoms with van der Waals surface area (Å²) in [5.74, 6) is 0.458. The molecule has 0 aliphatic heterocycles. The maximum Gasteiger partial charge on any atom is 0.306 e. The number of hydrogen-bond acceptors (Lipinski definition) is 4. The fraction of sp³-hybridized carbons (Fsp3) is 0.435. The molecule has 0 N–H and O–H groups in total. The monoisotopic (exact) mass is 417 g/mol. The lowest BCUT2D eigenvalue weighted by Crippen LogP contribution is -2.35. The molecular weight excluding hydrogens is 386 g/mol. The molecule has 158 valence electrons. The maximum atomic E-state index is 13.3. The molecule has 0 aliphatic carbocycles. The lowest BCUT2D eigenvalue weighted by atomic mass is 9.97. The highest BCUT2D eigenvalue weighted by atomic mass is 32.2. The van der Waals surface area contributed by atoms with Gasteiger partial charge in [-0.05, 0) is 36.1 Å². The maximum absolute atomic E-state index is 13.3. The van der Waals surface area contributed by atoms with Gasteiger partial charge in [0.25, 0.3) is 0 Å². The first-order valence-corrected chi connectivity index (χ1v) is 11.9. The summed E-state index contributed by atoms with van der Waals surface area (Å²) >= 11 is 0. The third kappa shape index (κ3) is 7.89. The van der Waals surface area contributed by atoms with Gasteiger partial charge in [0, 0.05) is 19.0 Å². The van der Waals surface area contributed by atoms with Crippen molar-refractivity contribution < 1.29 is 17.4 Å². The predicted octanol–water partition coefficient (Wildman–Crippen LogP) is 4.77. The zero-order chi connectivity index (χ0) is 21.3. The van der Waals surface area contributed by atoms with Crippen LogP contribution in [0.3, 0.4) is 0 Å². The lowest BCUT2D eigenvalue weighted by Gasteiger charge is -2.27. The number of carbonyl (C=O) groups excluding carboxylic acids is 1. The molecule has 2 rings (SSSR count). The predicted molar refractivity (Wildman–Crippen MR) is 116 cm³/mol. The fourth-order valence-corrected chi connectivity index (χ4v) is 3.73. The first-order valence-electron chi connectivity index (χ1n) is 10.1. The van der Waals surface area contributed by atoms with E-state index in [0.717, 1.165) is 43.1 Å². The second-order valence-corrected chi connectivity index (χ2v) is 8.93. The van der Waals surface area contributed by atoms with E-state index in [1.807, 2.05) is 35.2 Å². The molecule has 0 fully saturated rings. The number of amides is 1. The molecule has 2 aromatic rings. The first-order chi connectivity index (χ1) is 13.8. The minimum Gasteiger partial charge on any atom is -0.383 e. The highest BCUT2D eigenvalue weighted by Crippen LogP contribution is 2.21. The molecule has 2 aromatic carbocycles. The Morgan fingerprint density at radius 3 is 2.07 bits per heavy atom. The zero-order valence-corrected chi connectivity index (χ0v) is 18.3. The van der Waals surface area contributed by atoms with E-state index in [9.17, 15) is 13.2 Å². The van der Waals surface area contributed by atoms with Crippen LogP contribution in [0, 0.1) is 5.92 Å². The summed E-state index contributed by atoms with van der Waals surface area (Å²) in [7, 11) is -3.56. The molecule has 0 heterocycles. The van der Waals surface area contributed by atoms with Crippen LogP contribution in [0.1, 0.15) is 50.7 Å². The molecule has 0 aliphatic rings. The molecule has 0 bridgehead atoms. The highest BCUT2D eigenvalue weighted by Gasteiger charge is 2.23. The summed E-state index contributed by atoms with van der Waals surface area (Å²) < 4.78 is 27.4. The third-order valence-electron chi connectivity index (χ3n) is 4.82. The van der Waals surface area contributed by atoms with Gasteiger partial charge < -0.3 is 9.08 Å². The van der Waals surface area contributed by atoms with E-state index >= 15 is 0 Å². The molecule has 5 nitrogen and oxygen atoms in total. The summed E-state index contributed by atoms with van der Waals surface area (Å²) in [6.45, 7) is 5.22. The van der Waals surface area contributed by atoms with E-state index in [-0.39, 0.29) is 17.6 Å². The molecule has 0 radical (unpaired) electrons.